The van der Waals surface area contributed by atoms with Crippen LogP contribution in [0.4, 0.5) is 5.13 Å². The molecule has 0 bridgehead atoms. The number of benzene rings is 2. The summed E-state index contributed by atoms with van der Waals surface area (Å²) >= 11 is 6.67. The van der Waals surface area contributed by atoms with Crippen LogP contribution in [-0.2, 0) is 6.42 Å². The van der Waals surface area contributed by atoms with Crippen LogP contribution in [0.3, 0.4) is 0 Å². The van der Waals surface area contributed by atoms with Gasteiger partial charge in [0, 0.05) is 18.1 Å². The van der Waals surface area contributed by atoms with Crippen molar-refractivity contribution in [3.63, 3.8) is 0 Å². The summed E-state index contributed by atoms with van der Waals surface area (Å²) < 4.78 is 0. The van der Waals surface area contributed by atoms with Gasteiger partial charge in [-0.3, -0.25) is 4.90 Å². The smallest absolute Gasteiger partial charge is 0.191 e. The molecule has 0 fully saturated rings. The van der Waals surface area contributed by atoms with Crippen LogP contribution in [0.2, 0.25) is 0 Å². The Hall–Kier alpha value is -1.98. The van der Waals surface area contributed by atoms with E-state index in [-0.39, 0.29) is 0 Å². The molecule has 106 valence electrons. The molecule has 3 rings (SSSR count). The van der Waals surface area contributed by atoms with Crippen molar-refractivity contribution in [2.45, 2.75) is 6.42 Å². The summed E-state index contributed by atoms with van der Waals surface area (Å²) in [4.78, 5) is 6.16. The second-order valence-corrected chi connectivity index (χ2v) is 6.03. The van der Waals surface area contributed by atoms with E-state index in [1.165, 1.54) is 16.3 Å². The molecule has 0 saturated carbocycles. The third-order valence-electron chi connectivity index (χ3n) is 3.35. The Bertz CT molecular complexity index is 753. The number of aromatic nitrogens is 1. The molecule has 3 aromatic rings. The van der Waals surface area contributed by atoms with E-state index >= 15 is 0 Å². The zero-order valence-electron chi connectivity index (χ0n) is 11.4. The molecule has 0 saturated heterocycles. The molecule has 0 aliphatic heterocycles. The number of rotatable bonds is 4. The van der Waals surface area contributed by atoms with Crippen LogP contribution >= 0.6 is 23.6 Å². The largest absolute Gasteiger partial charge is 0.376 e. The van der Waals surface area contributed by atoms with Gasteiger partial charge < -0.3 is 5.73 Å². The first-order chi connectivity index (χ1) is 10.2. The van der Waals surface area contributed by atoms with Gasteiger partial charge in [-0.1, -0.05) is 42.5 Å². The van der Waals surface area contributed by atoms with E-state index in [0.717, 1.165) is 18.1 Å². The van der Waals surface area contributed by atoms with Crippen LogP contribution in [0.25, 0.3) is 10.8 Å². The van der Waals surface area contributed by atoms with Crippen molar-refractivity contribution < 1.29 is 0 Å². The number of thiocarbonyl (C=S) groups is 1. The molecule has 1 heterocycles. The van der Waals surface area contributed by atoms with E-state index in [1.807, 2.05) is 10.3 Å². The number of fused-ring (bicyclic) bond motifs is 1. The second-order valence-electron chi connectivity index (χ2n) is 4.74. The lowest BCUT2D eigenvalue weighted by Gasteiger charge is -2.19. The fourth-order valence-corrected chi connectivity index (χ4v) is 3.20. The monoisotopic (exact) mass is 313 g/mol. The van der Waals surface area contributed by atoms with E-state index in [1.54, 1.807) is 17.5 Å². The number of hydrogen-bond acceptors (Lipinski definition) is 3. The summed E-state index contributed by atoms with van der Waals surface area (Å²) in [5.74, 6) is 0. The third kappa shape index (κ3) is 3.20. The predicted octanol–water partition coefficient (Wildman–Crippen LogP) is 3.59. The lowest BCUT2D eigenvalue weighted by Crippen LogP contribution is -2.37. The molecule has 2 aromatic carbocycles. The first-order valence-corrected chi connectivity index (χ1v) is 7.97. The third-order valence-corrected chi connectivity index (χ3v) is 4.37. The zero-order chi connectivity index (χ0) is 14.7. The average Bonchev–Trinajstić information content (AvgIpc) is 3.01. The highest BCUT2D eigenvalue weighted by molar-refractivity contribution is 7.80. The molecule has 21 heavy (non-hydrogen) atoms. The Balaban J connectivity index is 1.77. The summed E-state index contributed by atoms with van der Waals surface area (Å²) in [6, 6.07) is 14.9. The Morgan fingerprint density at radius 2 is 2.00 bits per heavy atom. The molecule has 5 heteroatoms. The molecule has 1 aromatic heterocycles. The maximum absolute atomic E-state index is 5.81. The van der Waals surface area contributed by atoms with Crippen molar-refractivity contribution in [1.29, 1.82) is 0 Å². The van der Waals surface area contributed by atoms with Gasteiger partial charge in [-0.25, -0.2) is 4.98 Å². The minimum atomic E-state index is 0.366. The number of thiazole rings is 1. The van der Waals surface area contributed by atoms with Crippen LogP contribution in [0.15, 0.2) is 54.0 Å². The molecule has 3 nitrogen and oxygen atoms in total. The van der Waals surface area contributed by atoms with E-state index in [0.29, 0.717) is 5.11 Å². The van der Waals surface area contributed by atoms with Gasteiger partial charge in [-0.05, 0) is 35.0 Å². The molecule has 0 aliphatic rings. The molecular formula is C16H15N3S2. The molecule has 2 N–H and O–H groups in total. The quantitative estimate of drug-likeness (QED) is 0.748. The number of hydrogen-bond donors (Lipinski definition) is 1. The maximum Gasteiger partial charge on any atom is 0.191 e. The van der Waals surface area contributed by atoms with E-state index in [9.17, 15) is 0 Å². The molecule has 0 radical (unpaired) electrons. The predicted molar refractivity (Wildman–Crippen MR) is 93.9 cm³/mol. The Labute approximate surface area is 133 Å². The van der Waals surface area contributed by atoms with Gasteiger partial charge in [0.2, 0.25) is 0 Å². The molecule has 0 atom stereocenters. The summed E-state index contributed by atoms with van der Waals surface area (Å²) in [6.07, 6.45) is 2.64. The minimum absolute atomic E-state index is 0.366. The number of nitrogens with two attached hydrogens (primary N) is 1. The Kier molecular flexibility index (Phi) is 4.13. The zero-order valence-corrected chi connectivity index (χ0v) is 13.0. The van der Waals surface area contributed by atoms with Crippen molar-refractivity contribution >= 4 is 44.6 Å². The first kappa shape index (κ1) is 14.0. The van der Waals surface area contributed by atoms with Gasteiger partial charge in [0.1, 0.15) is 0 Å². The Morgan fingerprint density at radius 1 is 1.19 bits per heavy atom. The van der Waals surface area contributed by atoms with E-state index in [4.69, 9.17) is 18.0 Å². The van der Waals surface area contributed by atoms with Crippen LogP contribution in [-0.4, -0.2) is 16.6 Å². The van der Waals surface area contributed by atoms with Crippen molar-refractivity contribution in [3.8, 4) is 0 Å². The SMILES string of the molecule is NC(=S)N(CCc1ccc2ccccc2c1)c1nccs1. The summed E-state index contributed by atoms with van der Waals surface area (Å²) in [6.45, 7) is 0.737. The molecule has 0 spiro atoms. The highest BCUT2D eigenvalue weighted by Gasteiger charge is 2.11. The van der Waals surface area contributed by atoms with Gasteiger partial charge in [-0.2, -0.15) is 0 Å². The standard InChI is InChI=1S/C16H15N3S2/c17-15(20)19(16-18-8-10-21-16)9-7-12-5-6-13-3-1-2-4-14(13)11-12/h1-6,8,10-11H,7,9H2,(H2,17,20). The summed E-state index contributed by atoms with van der Waals surface area (Å²) in [5, 5.41) is 5.66. The molecule has 0 aliphatic carbocycles. The number of anilines is 1. The Morgan fingerprint density at radius 3 is 2.71 bits per heavy atom. The fraction of sp³-hybridized carbons (Fsp3) is 0.125. The molecule has 0 amide bonds. The second kappa shape index (κ2) is 6.20. The topological polar surface area (TPSA) is 42.1 Å². The van der Waals surface area contributed by atoms with Crippen LogP contribution in [0.5, 0.6) is 0 Å². The van der Waals surface area contributed by atoms with Gasteiger partial charge in [0.25, 0.3) is 0 Å². The minimum Gasteiger partial charge on any atom is -0.376 e. The van der Waals surface area contributed by atoms with Gasteiger partial charge in [0.05, 0.1) is 0 Å². The maximum atomic E-state index is 5.81. The van der Waals surface area contributed by atoms with Crippen molar-refractivity contribution in [3.05, 3.63) is 59.6 Å². The first-order valence-electron chi connectivity index (χ1n) is 6.68. The summed E-state index contributed by atoms with van der Waals surface area (Å²) in [7, 11) is 0. The van der Waals surface area contributed by atoms with Gasteiger partial charge in [-0.15, -0.1) is 11.3 Å². The lowest BCUT2D eigenvalue weighted by molar-refractivity contribution is 0.931. The van der Waals surface area contributed by atoms with Crippen molar-refractivity contribution in [2.75, 3.05) is 11.4 Å². The highest BCUT2D eigenvalue weighted by atomic mass is 32.1. The van der Waals surface area contributed by atoms with Gasteiger partial charge >= 0.3 is 0 Å². The van der Waals surface area contributed by atoms with Crippen LogP contribution < -0.4 is 10.6 Å². The average molecular weight is 313 g/mol. The van der Waals surface area contributed by atoms with Gasteiger partial charge in [0.15, 0.2) is 10.2 Å². The van der Waals surface area contributed by atoms with Crippen LogP contribution in [0.1, 0.15) is 5.56 Å². The number of nitrogens with zero attached hydrogens (tertiary/aromatic N) is 2. The summed E-state index contributed by atoms with van der Waals surface area (Å²) in [5.41, 5.74) is 7.08. The lowest BCUT2D eigenvalue weighted by atomic mass is 10.1. The highest BCUT2D eigenvalue weighted by Crippen LogP contribution is 2.19. The normalized spacial score (nSPS) is 10.7. The molecule has 0 unspecified atom stereocenters. The van der Waals surface area contributed by atoms with E-state index < -0.39 is 0 Å². The fourth-order valence-electron chi connectivity index (χ4n) is 2.28. The van der Waals surface area contributed by atoms with Crippen molar-refractivity contribution in [2.24, 2.45) is 5.73 Å². The van der Waals surface area contributed by atoms with E-state index in [2.05, 4.69) is 47.4 Å². The molecular weight excluding hydrogens is 298 g/mol. The van der Waals surface area contributed by atoms with Crippen molar-refractivity contribution in [1.82, 2.24) is 4.98 Å². The van der Waals surface area contributed by atoms with Crippen LogP contribution in [0, 0.1) is 0 Å².